The molecule has 1 aliphatic rings. The first-order valence-electron chi connectivity index (χ1n) is 12.5. The van der Waals surface area contributed by atoms with E-state index in [2.05, 4.69) is 14.7 Å². The van der Waals surface area contributed by atoms with Gasteiger partial charge < -0.3 is 9.30 Å². The number of hydrogen-bond donors (Lipinski definition) is 0. The van der Waals surface area contributed by atoms with Crippen molar-refractivity contribution in [2.45, 2.75) is 53.5 Å². The molecular formula is C29H30Cl2N4O2. The largest absolute Gasteiger partial charge is 0.494 e. The maximum Gasteiger partial charge on any atom is 0.293 e. The van der Waals surface area contributed by atoms with Crippen LogP contribution in [0.25, 0.3) is 22.0 Å². The van der Waals surface area contributed by atoms with E-state index in [1.807, 2.05) is 63.7 Å². The van der Waals surface area contributed by atoms with Gasteiger partial charge in [-0.3, -0.25) is 9.48 Å². The quantitative estimate of drug-likeness (QED) is 0.244. The number of amides is 1. The minimum absolute atomic E-state index is 0.213. The average Bonchev–Trinajstić information content (AvgIpc) is 3.21. The number of nitrogens with zero attached hydrogens (tertiary/aromatic N) is 4. The van der Waals surface area contributed by atoms with Gasteiger partial charge in [0.15, 0.2) is 0 Å². The summed E-state index contributed by atoms with van der Waals surface area (Å²) in [6.45, 7) is 9.18. The maximum atomic E-state index is 13.2. The molecule has 0 unspecified atom stereocenters. The third-order valence-electron chi connectivity index (χ3n) is 7.18. The van der Waals surface area contributed by atoms with Gasteiger partial charge in [-0.2, -0.15) is 5.10 Å². The fourth-order valence-electron chi connectivity index (χ4n) is 5.41. The molecule has 1 amide bonds. The Morgan fingerprint density at radius 1 is 1.05 bits per heavy atom. The van der Waals surface area contributed by atoms with Crippen molar-refractivity contribution >= 4 is 46.2 Å². The number of benzene rings is 2. The number of fused-ring (bicyclic) bond motifs is 3. The number of aliphatic imine (C=N–C) groups is 1. The molecule has 2 aromatic carbocycles. The lowest BCUT2D eigenvalue weighted by molar-refractivity contribution is 0.0995. The highest BCUT2D eigenvalue weighted by atomic mass is 35.5. The Morgan fingerprint density at radius 2 is 1.78 bits per heavy atom. The molecule has 2 aromatic heterocycles. The van der Waals surface area contributed by atoms with Gasteiger partial charge in [-0.15, -0.1) is 0 Å². The van der Waals surface area contributed by atoms with Gasteiger partial charge in [0.1, 0.15) is 11.4 Å². The topological polar surface area (TPSA) is 61.4 Å². The second-order valence-corrected chi connectivity index (χ2v) is 10.5. The summed E-state index contributed by atoms with van der Waals surface area (Å²) in [5.41, 5.74) is 8.47. The summed E-state index contributed by atoms with van der Waals surface area (Å²) in [7, 11) is 1.94. The first kappa shape index (κ1) is 25.6. The summed E-state index contributed by atoms with van der Waals surface area (Å²) in [6.07, 6.45) is 3.81. The lowest BCUT2D eigenvalue weighted by Gasteiger charge is -2.12. The zero-order valence-electron chi connectivity index (χ0n) is 21.8. The number of aromatic nitrogens is 3. The summed E-state index contributed by atoms with van der Waals surface area (Å²) >= 11 is 13.2. The van der Waals surface area contributed by atoms with Crippen LogP contribution >= 0.6 is 23.2 Å². The van der Waals surface area contributed by atoms with Crippen molar-refractivity contribution in [2.75, 3.05) is 6.61 Å². The average molecular weight is 537 g/mol. The van der Waals surface area contributed by atoms with Crippen LogP contribution in [0.15, 0.2) is 29.3 Å². The summed E-state index contributed by atoms with van der Waals surface area (Å²) in [4.78, 5) is 17.4. The van der Waals surface area contributed by atoms with Crippen LogP contribution < -0.4 is 4.74 Å². The van der Waals surface area contributed by atoms with Crippen LogP contribution in [0.2, 0.25) is 10.0 Å². The SMILES string of the molecule is Cc1cc(OCCCc2c3n(c4c(-c5c(C)nn(C)c5C)c(Cl)ccc24)CCC=NC3=O)cc(C)c1Cl. The van der Waals surface area contributed by atoms with Crippen LogP contribution in [-0.4, -0.2) is 33.1 Å². The van der Waals surface area contributed by atoms with E-state index in [1.54, 1.807) is 6.21 Å². The lowest BCUT2D eigenvalue weighted by atomic mass is 9.98. The van der Waals surface area contributed by atoms with Crippen LogP contribution in [-0.2, 0) is 20.0 Å². The molecule has 5 rings (SSSR count). The van der Waals surface area contributed by atoms with Gasteiger partial charge in [0.05, 0.1) is 22.8 Å². The fraction of sp³-hybridized carbons (Fsp3) is 0.345. The van der Waals surface area contributed by atoms with E-state index in [-0.39, 0.29) is 5.91 Å². The van der Waals surface area contributed by atoms with Crippen LogP contribution in [0.1, 0.15) is 51.4 Å². The van der Waals surface area contributed by atoms with E-state index in [1.165, 1.54) is 0 Å². The normalized spacial score (nSPS) is 13.3. The van der Waals surface area contributed by atoms with Gasteiger partial charge in [0.2, 0.25) is 0 Å². The monoisotopic (exact) mass is 536 g/mol. The standard InChI is InChI=1S/C29H30Cl2N4O2/c1-16-14-20(15-17(2)26(16)31)37-13-6-8-21-22-9-10-23(30)25(24-18(3)33-34(5)19(24)4)27(22)35-12-7-11-32-29(36)28(21)35/h9-11,14-15H,6-8,12-13H2,1-5H3. The predicted octanol–water partition coefficient (Wildman–Crippen LogP) is 7.21. The number of carbonyl (C=O) groups excluding carboxylic acids is 1. The fourth-order valence-corrected chi connectivity index (χ4v) is 5.77. The summed E-state index contributed by atoms with van der Waals surface area (Å²) in [5, 5.41) is 7.07. The molecule has 0 N–H and O–H groups in total. The van der Waals surface area contributed by atoms with Gasteiger partial charge in [-0.1, -0.05) is 29.3 Å². The van der Waals surface area contributed by atoms with Crippen LogP contribution in [0.5, 0.6) is 5.75 Å². The number of aryl methyl sites for hydroxylation is 6. The van der Waals surface area contributed by atoms with Crippen LogP contribution in [0, 0.1) is 27.7 Å². The van der Waals surface area contributed by atoms with Gasteiger partial charge in [0, 0.05) is 53.5 Å². The Balaban J connectivity index is 1.56. The van der Waals surface area contributed by atoms with Crippen molar-refractivity contribution in [3.8, 4) is 16.9 Å². The highest BCUT2D eigenvalue weighted by Crippen LogP contribution is 2.42. The number of rotatable bonds is 6. The molecule has 37 heavy (non-hydrogen) atoms. The Morgan fingerprint density at radius 3 is 2.46 bits per heavy atom. The van der Waals surface area contributed by atoms with Gasteiger partial charge in [-0.05, 0) is 75.4 Å². The maximum absolute atomic E-state index is 13.2. The Hall–Kier alpha value is -3.09. The van der Waals surface area contributed by atoms with Crippen molar-refractivity contribution in [3.63, 3.8) is 0 Å². The van der Waals surface area contributed by atoms with E-state index in [0.717, 1.165) is 67.3 Å². The van der Waals surface area contributed by atoms with Crippen LogP contribution in [0.3, 0.4) is 0 Å². The van der Waals surface area contributed by atoms with Crippen molar-refractivity contribution in [3.05, 3.63) is 68.1 Å². The molecule has 4 aromatic rings. The van der Waals surface area contributed by atoms with E-state index in [9.17, 15) is 4.79 Å². The smallest absolute Gasteiger partial charge is 0.293 e. The second kappa shape index (κ2) is 9.99. The summed E-state index contributed by atoms with van der Waals surface area (Å²) in [5.74, 6) is 0.590. The van der Waals surface area contributed by atoms with Crippen LogP contribution in [0.4, 0.5) is 0 Å². The molecule has 0 saturated heterocycles. The molecule has 0 fully saturated rings. The first-order valence-corrected chi connectivity index (χ1v) is 13.2. The molecule has 0 atom stereocenters. The van der Waals surface area contributed by atoms with Gasteiger partial charge in [0.25, 0.3) is 5.91 Å². The molecule has 0 spiro atoms. The summed E-state index contributed by atoms with van der Waals surface area (Å²) in [6, 6.07) is 7.88. The minimum atomic E-state index is -0.213. The Kier molecular flexibility index (Phi) is 6.90. The predicted molar refractivity (Wildman–Crippen MR) is 151 cm³/mol. The van der Waals surface area contributed by atoms with E-state index < -0.39 is 0 Å². The third kappa shape index (κ3) is 4.47. The minimum Gasteiger partial charge on any atom is -0.494 e. The van der Waals surface area contributed by atoms with Crippen molar-refractivity contribution < 1.29 is 9.53 Å². The van der Waals surface area contributed by atoms with E-state index >= 15 is 0 Å². The highest BCUT2D eigenvalue weighted by Gasteiger charge is 2.28. The zero-order valence-corrected chi connectivity index (χ0v) is 23.3. The van der Waals surface area contributed by atoms with Gasteiger partial charge in [-0.25, -0.2) is 4.99 Å². The van der Waals surface area contributed by atoms with E-state index in [0.29, 0.717) is 36.7 Å². The number of hydrogen-bond acceptors (Lipinski definition) is 3. The molecule has 0 bridgehead atoms. The number of carbonyl (C=O) groups is 1. The van der Waals surface area contributed by atoms with E-state index in [4.69, 9.17) is 27.9 Å². The van der Waals surface area contributed by atoms with Crippen molar-refractivity contribution in [2.24, 2.45) is 12.0 Å². The molecule has 6 nitrogen and oxygen atoms in total. The van der Waals surface area contributed by atoms with Gasteiger partial charge >= 0.3 is 0 Å². The number of ether oxygens (including phenoxy) is 1. The third-order valence-corrected chi connectivity index (χ3v) is 8.09. The molecule has 192 valence electrons. The molecule has 0 saturated carbocycles. The Labute approximate surface area is 226 Å². The molecular weight excluding hydrogens is 507 g/mol. The van der Waals surface area contributed by atoms with Crippen molar-refractivity contribution in [1.82, 2.24) is 14.3 Å². The second-order valence-electron chi connectivity index (χ2n) is 9.70. The molecule has 0 aliphatic carbocycles. The molecule has 3 heterocycles. The lowest BCUT2D eigenvalue weighted by Crippen LogP contribution is -2.09. The molecule has 0 radical (unpaired) electrons. The first-order chi connectivity index (χ1) is 17.7. The molecule has 1 aliphatic heterocycles. The molecule has 8 heteroatoms. The summed E-state index contributed by atoms with van der Waals surface area (Å²) < 4.78 is 10.0. The van der Waals surface area contributed by atoms with Crippen molar-refractivity contribution in [1.29, 1.82) is 0 Å². The number of halogens is 2. The Bertz CT molecular complexity index is 1560. The highest BCUT2D eigenvalue weighted by molar-refractivity contribution is 6.35. The zero-order chi connectivity index (χ0) is 26.4.